The highest BCUT2D eigenvalue weighted by molar-refractivity contribution is 6.05. The molecule has 0 bridgehead atoms. The summed E-state index contributed by atoms with van der Waals surface area (Å²) in [5.41, 5.74) is -0.525. The van der Waals surface area contributed by atoms with E-state index in [9.17, 15) is 14.4 Å². The van der Waals surface area contributed by atoms with E-state index >= 15 is 0 Å². The molecule has 78 valence electrons. The van der Waals surface area contributed by atoms with E-state index in [0.29, 0.717) is 0 Å². The third-order valence-corrected chi connectivity index (χ3v) is 2.08. The molecule has 0 saturated carbocycles. The van der Waals surface area contributed by atoms with Gasteiger partial charge in [0.1, 0.15) is 0 Å². The summed E-state index contributed by atoms with van der Waals surface area (Å²) in [6.45, 7) is 5.14. The fourth-order valence-electron chi connectivity index (χ4n) is 0.996. The molecule has 5 heteroatoms. The SMILES string of the molecule is CC(C)(C)C(=O)CN1C(=O)CNC1=O. The lowest BCUT2D eigenvalue weighted by Gasteiger charge is -2.19. The van der Waals surface area contributed by atoms with Gasteiger partial charge in [0.15, 0.2) is 5.78 Å². The first-order chi connectivity index (χ1) is 6.32. The van der Waals surface area contributed by atoms with Crippen LogP contribution in [0.1, 0.15) is 20.8 Å². The first-order valence-corrected chi connectivity index (χ1v) is 4.44. The van der Waals surface area contributed by atoms with Crippen LogP contribution in [0.25, 0.3) is 0 Å². The molecule has 0 aliphatic carbocycles. The van der Waals surface area contributed by atoms with Crippen molar-refractivity contribution < 1.29 is 14.4 Å². The van der Waals surface area contributed by atoms with Crippen LogP contribution < -0.4 is 5.32 Å². The van der Waals surface area contributed by atoms with Gasteiger partial charge in [-0.1, -0.05) is 20.8 Å². The minimum atomic E-state index is -0.525. The molecule has 3 amide bonds. The molecule has 1 heterocycles. The molecule has 0 aromatic heterocycles. The number of hydrogen-bond donors (Lipinski definition) is 1. The van der Waals surface area contributed by atoms with E-state index in [0.717, 1.165) is 4.90 Å². The summed E-state index contributed by atoms with van der Waals surface area (Å²) in [4.78, 5) is 34.7. The van der Waals surface area contributed by atoms with E-state index < -0.39 is 11.4 Å². The van der Waals surface area contributed by atoms with Gasteiger partial charge in [-0.3, -0.25) is 14.5 Å². The lowest BCUT2D eigenvalue weighted by molar-refractivity contribution is -0.133. The normalized spacial score (nSPS) is 17.2. The molecule has 0 spiro atoms. The fraction of sp³-hybridized carbons (Fsp3) is 0.667. The summed E-state index contributed by atoms with van der Waals surface area (Å²) >= 11 is 0. The lowest BCUT2D eigenvalue weighted by atomic mass is 9.90. The number of nitrogens with zero attached hydrogens (tertiary/aromatic N) is 1. The van der Waals surface area contributed by atoms with Crippen LogP contribution in [0.5, 0.6) is 0 Å². The van der Waals surface area contributed by atoms with Crippen LogP contribution in [0.4, 0.5) is 4.79 Å². The van der Waals surface area contributed by atoms with Gasteiger partial charge in [0.2, 0.25) is 5.91 Å². The summed E-state index contributed by atoms with van der Waals surface area (Å²) in [6.07, 6.45) is 0. The molecule has 0 atom stereocenters. The van der Waals surface area contributed by atoms with Crippen molar-refractivity contribution in [2.45, 2.75) is 20.8 Å². The van der Waals surface area contributed by atoms with Crippen LogP contribution in [0.2, 0.25) is 0 Å². The maximum absolute atomic E-state index is 11.5. The Labute approximate surface area is 82.4 Å². The van der Waals surface area contributed by atoms with Crippen LogP contribution in [0.3, 0.4) is 0 Å². The number of carbonyl (C=O) groups is 3. The number of amides is 3. The predicted molar refractivity (Wildman–Crippen MR) is 49.6 cm³/mol. The van der Waals surface area contributed by atoms with E-state index in [1.165, 1.54) is 0 Å². The zero-order chi connectivity index (χ0) is 10.9. The third kappa shape index (κ3) is 2.10. The van der Waals surface area contributed by atoms with Gasteiger partial charge in [-0.05, 0) is 0 Å². The zero-order valence-corrected chi connectivity index (χ0v) is 8.59. The Kier molecular flexibility index (Phi) is 2.59. The van der Waals surface area contributed by atoms with E-state index in [2.05, 4.69) is 5.32 Å². The Bertz CT molecular complexity index is 275. The monoisotopic (exact) mass is 198 g/mol. The maximum Gasteiger partial charge on any atom is 0.324 e. The number of ketones is 1. The van der Waals surface area contributed by atoms with Crippen LogP contribution in [0.15, 0.2) is 0 Å². The summed E-state index contributed by atoms with van der Waals surface area (Å²) in [6, 6.07) is -0.479. The summed E-state index contributed by atoms with van der Waals surface area (Å²) < 4.78 is 0. The van der Waals surface area contributed by atoms with Crippen molar-refractivity contribution in [1.82, 2.24) is 10.2 Å². The highest BCUT2D eigenvalue weighted by Crippen LogP contribution is 2.15. The average Bonchev–Trinajstić information content (AvgIpc) is 2.34. The average molecular weight is 198 g/mol. The second-order valence-corrected chi connectivity index (χ2v) is 4.31. The van der Waals surface area contributed by atoms with Gasteiger partial charge in [-0.2, -0.15) is 0 Å². The number of urea groups is 1. The molecule has 1 fully saturated rings. The Morgan fingerprint density at radius 2 is 2.00 bits per heavy atom. The smallest absolute Gasteiger partial charge is 0.324 e. The Morgan fingerprint density at radius 3 is 2.36 bits per heavy atom. The number of nitrogens with one attached hydrogen (secondary N) is 1. The molecule has 0 unspecified atom stereocenters. The predicted octanol–water partition coefficient (Wildman–Crippen LogP) is 0.153. The van der Waals surface area contributed by atoms with Crippen LogP contribution >= 0.6 is 0 Å². The highest BCUT2D eigenvalue weighted by atomic mass is 16.2. The van der Waals surface area contributed by atoms with Gasteiger partial charge in [0.05, 0.1) is 13.1 Å². The van der Waals surface area contributed by atoms with E-state index in [4.69, 9.17) is 0 Å². The molecule has 1 rings (SSSR count). The van der Waals surface area contributed by atoms with Crippen molar-refractivity contribution in [3.05, 3.63) is 0 Å². The van der Waals surface area contributed by atoms with E-state index in [1.54, 1.807) is 20.8 Å². The Hall–Kier alpha value is -1.39. The minimum absolute atomic E-state index is 0.00371. The van der Waals surface area contributed by atoms with Crippen molar-refractivity contribution in [2.75, 3.05) is 13.1 Å². The molecule has 0 aromatic carbocycles. The Morgan fingerprint density at radius 1 is 1.43 bits per heavy atom. The van der Waals surface area contributed by atoms with E-state index in [-0.39, 0.29) is 24.8 Å². The molecule has 1 aliphatic rings. The Balaban J connectivity index is 2.65. The lowest BCUT2D eigenvalue weighted by Crippen LogP contribution is -2.39. The third-order valence-electron chi connectivity index (χ3n) is 2.08. The zero-order valence-electron chi connectivity index (χ0n) is 8.59. The van der Waals surface area contributed by atoms with E-state index in [1.807, 2.05) is 0 Å². The number of hydrogen-bond acceptors (Lipinski definition) is 3. The van der Waals surface area contributed by atoms with Gasteiger partial charge >= 0.3 is 6.03 Å². The minimum Gasteiger partial charge on any atom is -0.329 e. The van der Waals surface area contributed by atoms with Crippen LogP contribution in [-0.2, 0) is 9.59 Å². The van der Waals surface area contributed by atoms with Crippen molar-refractivity contribution >= 4 is 17.7 Å². The first kappa shape index (κ1) is 10.7. The van der Waals surface area contributed by atoms with Crippen molar-refractivity contribution in [1.29, 1.82) is 0 Å². The topological polar surface area (TPSA) is 66.5 Å². The first-order valence-electron chi connectivity index (χ1n) is 4.44. The van der Waals surface area contributed by atoms with Gasteiger partial charge in [0, 0.05) is 5.41 Å². The number of carbonyl (C=O) groups excluding carboxylic acids is 3. The molecule has 14 heavy (non-hydrogen) atoms. The maximum atomic E-state index is 11.5. The van der Waals surface area contributed by atoms with Crippen molar-refractivity contribution in [3.8, 4) is 0 Å². The second kappa shape index (κ2) is 3.40. The molecule has 1 aliphatic heterocycles. The number of rotatable bonds is 2. The molecule has 1 N–H and O–H groups in total. The van der Waals surface area contributed by atoms with Crippen LogP contribution in [-0.4, -0.2) is 35.7 Å². The van der Waals surface area contributed by atoms with Crippen LogP contribution in [0, 0.1) is 5.41 Å². The molecular weight excluding hydrogens is 184 g/mol. The van der Waals surface area contributed by atoms with Gasteiger partial charge < -0.3 is 5.32 Å². The fourth-order valence-corrected chi connectivity index (χ4v) is 0.996. The van der Waals surface area contributed by atoms with Gasteiger partial charge in [-0.15, -0.1) is 0 Å². The van der Waals surface area contributed by atoms with Crippen molar-refractivity contribution in [3.63, 3.8) is 0 Å². The molecule has 0 aromatic rings. The number of imide groups is 1. The summed E-state index contributed by atoms with van der Waals surface area (Å²) in [5.74, 6) is -0.462. The largest absolute Gasteiger partial charge is 0.329 e. The highest BCUT2D eigenvalue weighted by Gasteiger charge is 2.33. The summed E-state index contributed by atoms with van der Waals surface area (Å²) in [7, 11) is 0. The summed E-state index contributed by atoms with van der Waals surface area (Å²) in [5, 5.41) is 2.36. The molecular formula is C9H14N2O3. The second-order valence-electron chi connectivity index (χ2n) is 4.31. The standard InChI is InChI=1S/C9H14N2O3/c1-9(2,3)6(12)5-11-7(13)4-10-8(11)14/h4-5H2,1-3H3,(H,10,14). The molecule has 0 radical (unpaired) electrons. The van der Waals surface area contributed by atoms with Gasteiger partial charge in [0.25, 0.3) is 0 Å². The quantitative estimate of drug-likeness (QED) is 0.642. The number of Topliss-reactive ketones (excluding diaryl/α,β-unsaturated/α-hetero) is 1. The van der Waals surface area contributed by atoms with Gasteiger partial charge in [-0.25, -0.2) is 4.79 Å². The molecule has 1 saturated heterocycles. The van der Waals surface area contributed by atoms with Crippen molar-refractivity contribution in [2.24, 2.45) is 5.41 Å². The molecule has 5 nitrogen and oxygen atoms in total.